The number of likely N-dealkylation sites (tertiary alicyclic amines) is 1. The zero-order valence-electron chi connectivity index (χ0n) is 14.8. The fourth-order valence-corrected chi connectivity index (χ4v) is 3.47. The largest absolute Gasteiger partial charge is 0.353 e. The summed E-state index contributed by atoms with van der Waals surface area (Å²) in [5.41, 5.74) is 0.708. The normalized spacial score (nSPS) is 16.3. The number of amides is 2. The highest BCUT2D eigenvalue weighted by molar-refractivity contribution is 7.13. The molecule has 0 unspecified atom stereocenters. The molecular weight excluding hydrogens is 324 g/mol. The van der Waals surface area contributed by atoms with E-state index in [1.54, 1.807) is 0 Å². The molecule has 24 heavy (non-hydrogen) atoms. The molecule has 1 saturated heterocycles. The van der Waals surface area contributed by atoms with Gasteiger partial charge in [-0.05, 0) is 25.8 Å². The van der Waals surface area contributed by atoms with Crippen LogP contribution in [0.4, 0.5) is 5.13 Å². The summed E-state index contributed by atoms with van der Waals surface area (Å²) in [6, 6.07) is 0.268. The van der Waals surface area contributed by atoms with Gasteiger partial charge in [-0.1, -0.05) is 20.8 Å². The SMILES string of the molecule is CCCN1CCC(NC(=O)Cc2csc(NC(=O)C(C)C)n2)CC1. The van der Waals surface area contributed by atoms with Gasteiger partial charge in [0.2, 0.25) is 11.8 Å². The Morgan fingerprint density at radius 1 is 1.38 bits per heavy atom. The summed E-state index contributed by atoms with van der Waals surface area (Å²) in [7, 11) is 0. The topological polar surface area (TPSA) is 74.3 Å². The van der Waals surface area contributed by atoms with E-state index in [-0.39, 0.29) is 30.2 Å². The fraction of sp³-hybridized carbons (Fsp3) is 0.706. The van der Waals surface area contributed by atoms with Gasteiger partial charge in [-0.2, -0.15) is 0 Å². The Labute approximate surface area is 148 Å². The Morgan fingerprint density at radius 2 is 2.08 bits per heavy atom. The Bertz CT molecular complexity index is 551. The van der Waals surface area contributed by atoms with E-state index in [1.807, 2.05) is 19.2 Å². The molecule has 0 bridgehead atoms. The maximum absolute atomic E-state index is 12.2. The lowest BCUT2D eigenvalue weighted by molar-refractivity contribution is -0.121. The van der Waals surface area contributed by atoms with Gasteiger partial charge in [0.1, 0.15) is 0 Å². The van der Waals surface area contributed by atoms with Crippen molar-refractivity contribution in [2.24, 2.45) is 5.92 Å². The van der Waals surface area contributed by atoms with Crippen LogP contribution in [0.5, 0.6) is 0 Å². The van der Waals surface area contributed by atoms with E-state index >= 15 is 0 Å². The van der Waals surface area contributed by atoms with Gasteiger partial charge in [-0.25, -0.2) is 4.98 Å². The lowest BCUT2D eigenvalue weighted by Crippen LogP contribution is -2.45. The predicted molar refractivity (Wildman–Crippen MR) is 97.2 cm³/mol. The molecule has 0 radical (unpaired) electrons. The molecule has 0 aromatic carbocycles. The van der Waals surface area contributed by atoms with E-state index in [9.17, 15) is 9.59 Å². The van der Waals surface area contributed by atoms with Gasteiger partial charge in [0.05, 0.1) is 12.1 Å². The molecule has 0 saturated carbocycles. The van der Waals surface area contributed by atoms with Gasteiger partial charge >= 0.3 is 0 Å². The van der Waals surface area contributed by atoms with Crippen molar-refractivity contribution in [2.75, 3.05) is 25.0 Å². The van der Waals surface area contributed by atoms with Crippen molar-refractivity contribution < 1.29 is 9.59 Å². The van der Waals surface area contributed by atoms with Gasteiger partial charge in [0, 0.05) is 30.4 Å². The molecule has 134 valence electrons. The zero-order chi connectivity index (χ0) is 17.5. The summed E-state index contributed by atoms with van der Waals surface area (Å²) in [4.78, 5) is 30.6. The highest BCUT2D eigenvalue weighted by Crippen LogP contribution is 2.17. The van der Waals surface area contributed by atoms with Crippen LogP contribution < -0.4 is 10.6 Å². The molecule has 2 N–H and O–H groups in total. The van der Waals surface area contributed by atoms with Crippen LogP contribution in [0, 0.1) is 5.92 Å². The molecule has 1 fully saturated rings. The third-order valence-electron chi connectivity index (χ3n) is 4.14. The molecular formula is C17H28N4O2S. The third kappa shape index (κ3) is 5.87. The van der Waals surface area contributed by atoms with E-state index in [4.69, 9.17) is 0 Å². The van der Waals surface area contributed by atoms with Gasteiger partial charge in [-0.15, -0.1) is 11.3 Å². The van der Waals surface area contributed by atoms with Gasteiger partial charge < -0.3 is 15.5 Å². The van der Waals surface area contributed by atoms with Crippen molar-refractivity contribution in [3.8, 4) is 0 Å². The first-order valence-corrected chi connectivity index (χ1v) is 9.63. The first-order chi connectivity index (χ1) is 11.5. The molecule has 1 aromatic heterocycles. The molecule has 0 aliphatic carbocycles. The van der Waals surface area contributed by atoms with Gasteiger partial charge in [0.15, 0.2) is 5.13 Å². The average molecular weight is 353 g/mol. The summed E-state index contributed by atoms with van der Waals surface area (Å²) in [5.74, 6) is -0.130. The quantitative estimate of drug-likeness (QED) is 0.789. The number of anilines is 1. The van der Waals surface area contributed by atoms with Crippen molar-refractivity contribution in [2.45, 2.75) is 52.5 Å². The number of nitrogens with zero attached hydrogens (tertiary/aromatic N) is 2. The Morgan fingerprint density at radius 3 is 2.71 bits per heavy atom. The summed E-state index contributed by atoms with van der Waals surface area (Å²) in [5, 5.41) is 8.27. The molecule has 6 nitrogen and oxygen atoms in total. The van der Waals surface area contributed by atoms with Crippen LogP contribution in [0.15, 0.2) is 5.38 Å². The van der Waals surface area contributed by atoms with Gasteiger partial charge in [0.25, 0.3) is 0 Å². The van der Waals surface area contributed by atoms with E-state index in [1.165, 1.54) is 17.8 Å². The molecule has 1 aromatic rings. The van der Waals surface area contributed by atoms with E-state index in [0.29, 0.717) is 10.8 Å². The summed E-state index contributed by atoms with van der Waals surface area (Å²) >= 11 is 1.36. The van der Waals surface area contributed by atoms with E-state index in [2.05, 4.69) is 27.4 Å². The second kappa shape index (κ2) is 9.13. The smallest absolute Gasteiger partial charge is 0.228 e. The standard InChI is InChI=1S/C17H28N4O2S/c1-4-7-21-8-5-13(6-9-21)18-15(22)10-14-11-24-17(19-14)20-16(23)12(2)3/h11-13H,4-10H2,1-3H3,(H,18,22)(H,19,20,23). The minimum Gasteiger partial charge on any atom is -0.353 e. The summed E-state index contributed by atoms with van der Waals surface area (Å²) in [6.45, 7) is 9.12. The first kappa shape index (κ1) is 18.9. The number of rotatable bonds is 7. The number of nitrogens with one attached hydrogen (secondary N) is 2. The van der Waals surface area contributed by atoms with Crippen LogP contribution in [-0.4, -0.2) is 47.4 Å². The number of thiazole rings is 1. The summed E-state index contributed by atoms with van der Waals surface area (Å²) < 4.78 is 0. The third-order valence-corrected chi connectivity index (χ3v) is 4.95. The van der Waals surface area contributed by atoms with Crippen molar-refractivity contribution in [3.63, 3.8) is 0 Å². The molecule has 2 rings (SSSR count). The van der Waals surface area contributed by atoms with Crippen molar-refractivity contribution in [1.82, 2.24) is 15.2 Å². The minimum atomic E-state index is -0.0841. The van der Waals surface area contributed by atoms with Crippen molar-refractivity contribution >= 4 is 28.3 Å². The van der Waals surface area contributed by atoms with Crippen molar-refractivity contribution in [1.29, 1.82) is 0 Å². The number of piperidine rings is 1. The maximum Gasteiger partial charge on any atom is 0.228 e. The second-order valence-electron chi connectivity index (χ2n) is 6.65. The Hall–Kier alpha value is -1.47. The molecule has 0 spiro atoms. The van der Waals surface area contributed by atoms with Crippen LogP contribution in [0.3, 0.4) is 0 Å². The minimum absolute atomic E-state index is 0.0102. The monoisotopic (exact) mass is 352 g/mol. The van der Waals surface area contributed by atoms with E-state index < -0.39 is 0 Å². The number of hydrogen-bond donors (Lipinski definition) is 2. The van der Waals surface area contributed by atoms with Crippen molar-refractivity contribution in [3.05, 3.63) is 11.1 Å². The zero-order valence-corrected chi connectivity index (χ0v) is 15.6. The Balaban J connectivity index is 1.75. The predicted octanol–water partition coefficient (Wildman–Crippen LogP) is 2.27. The molecule has 2 amide bonds. The fourth-order valence-electron chi connectivity index (χ4n) is 2.76. The van der Waals surface area contributed by atoms with Crippen LogP contribution in [0.25, 0.3) is 0 Å². The van der Waals surface area contributed by atoms with Gasteiger partial charge in [-0.3, -0.25) is 9.59 Å². The lowest BCUT2D eigenvalue weighted by Gasteiger charge is -2.32. The number of carbonyl (C=O) groups is 2. The number of hydrogen-bond acceptors (Lipinski definition) is 5. The number of aromatic nitrogens is 1. The molecule has 0 atom stereocenters. The second-order valence-corrected chi connectivity index (χ2v) is 7.51. The molecule has 1 aliphatic rings. The Kier molecular flexibility index (Phi) is 7.17. The van der Waals surface area contributed by atoms with Crippen LogP contribution in [0.1, 0.15) is 45.7 Å². The maximum atomic E-state index is 12.2. The number of carbonyl (C=O) groups excluding carboxylic acids is 2. The average Bonchev–Trinajstić information content (AvgIpc) is 2.96. The summed E-state index contributed by atoms with van der Waals surface area (Å²) in [6.07, 6.45) is 3.47. The highest BCUT2D eigenvalue weighted by Gasteiger charge is 2.20. The highest BCUT2D eigenvalue weighted by atomic mass is 32.1. The molecule has 2 heterocycles. The molecule has 1 aliphatic heterocycles. The van der Waals surface area contributed by atoms with Crippen LogP contribution >= 0.6 is 11.3 Å². The van der Waals surface area contributed by atoms with E-state index in [0.717, 1.165) is 32.5 Å². The lowest BCUT2D eigenvalue weighted by atomic mass is 10.0. The van der Waals surface area contributed by atoms with Crippen LogP contribution in [-0.2, 0) is 16.0 Å². The first-order valence-electron chi connectivity index (χ1n) is 8.75. The molecule has 7 heteroatoms. The van der Waals surface area contributed by atoms with Crippen LogP contribution in [0.2, 0.25) is 0 Å².